The second-order valence-corrected chi connectivity index (χ2v) is 6.87. The zero-order chi connectivity index (χ0) is 16.8. The van der Waals surface area contributed by atoms with Crippen LogP contribution in [0.15, 0.2) is 45.9 Å². The summed E-state index contributed by atoms with van der Waals surface area (Å²) in [6, 6.07) is 8.10. The molecule has 0 saturated heterocycles. The van der Waals surface area contributed by atoms with Crippen molar-refractivity contribution in [2.45, 2.75) is 32.4 Å². The van der Waals surface area contributed by atoms with E-state index in [0.29, 0.717) is 12.3 Å². The summed E-state index contributed by atoms with van der Waals surface area (Å²) < 4.78 is 11.7. The number of nitrogens with zero attached hydrogens (tertiary/aromatic N) is 1. The lowest BCUT2D eigenvalue weighted by Gasteiger charge is -2.26. The Morgan fingerprint density at radius 2 is 2.04 bits per heavy atom. The van der Waals surface area contributed by atoms with Crippen LogP contribution in [0.25, 0.3) is 11.0 Å². The van der Waals surface area contributed by atoms with E-state index in [9.17, 15) is 4.79 Å². The van der Waals surface area contributed by atoms with Crippen LogP contribution in [-0.4, -0.2) is 11.7 Å². The van der Waals surface area contributed by atoms with Gasteiger partial charge in [0.05, 0.1) is 5.56 Å². The first kappa shape index (κ1) is 14.7. The Morgan fingerprint density at radius 3 is 2.92 bits per heavy atom. The van der Waals surface area contributed by atoms with E-state index in [1.165, 1.54) is 16.0 Å². The Balaban J connectivity index is 1.57. The van der Waals surface area contributed by atoms with Gasteiger partial charge in [0.1, 0.15) is 18.8 Å². The van der Waals surface area contributed by atoms with E-state index in [-0.39, 0.29) is 5.63 Å². The Labute approximate surface area is 144 Å². The van der Waals surface area contributed by atoms with Crippen molar-refractivity contribution >= 4 is 11.0 Å². The molecule has 5 rings (SSSR count). The molecule has 1 unspecified atom stereocenters. The van der Waals surface area contributed by atoms with Crippen LogP contribution in [0, 0.1) is 0 Å². The Bertz CT molecular complexity index is 1010. The molecular formula is C20H19N2O3+. The highest BCUT2D eigenvalue weighted by Gasteiger charge is 2.27. The van der Waals surface area contributed by atoms with Crippen LogP contribution < -0.4 is 15.3 Å². The van der Waals surface area contributed by atoms with Crippen molar-refractivity contribution < 1.29 is 14.1 Å². The van der Waals surface area contributed by atoms with Crippen molar-refractivity contribution in [3.8, 4) is 5.75 Å². The quantitative estimate of drug-likeness (QED) is 0.723. The Kier molecular flexibility index (Phi) is 3.35. The van der Waals surface area contributed by atoms with Gasteiger partial charge in [-0.2, -0.15) is 0 Å². The van der Waals surface area contributed by atoms with Crippen LogP contribution in [0.2, 0.25) is 0 Å². The van der Waals surface area contributed by atoms with Gasteiger partial charge in [-0.1, -0.05) is 6.07 Å². The maximum atomic E-state index is 12.4. The number of ether oxygens (including phenoxy) is 1. The number of pyridine rings is 1. The molecule has 126 valence electrons. The lowest BCUT2D eigenvalue weighted by Crippen LogP contribution is -3.10. The minimum atomic E-state index is -0.173. The summed E-state index contributed by atoms with van der Waals surface area (Å²) >= 11 is 0. The summed E-state index contributed by atoms with van der Waals surface area (Å²) in [5, 5.41) is 1.08. The highest BCUT2D eigenvalue weighted by atomic mass is 16.5. The fraction of sp³-hybridized carbons (Fsp3) is 0.300. The van der Waals surface area contributed by atoms with Gasteiger partial charge in [0, 0.05) is 28.9 Å². The average molecular weight is 335 g/mol. The molecule has 0 bridgehead atoms. The monoisotopic (exact) mass is 335 g/mol. The molecule has 2 aromatic heterocycles. The van der Waals surface area contributed by atoms with E-state index < -0.39 is 0 Å². The van der Waals surface area contributed by atoms with Gasteiger partial charge in [-0.15, -0.1) is 0 Å². The summed E-state index contributed by atoms with van der Waals surface area (Å²) in [6.45, 7) is 2.21. The van der Waals surface area contributed by atoms with E-state index in [1.54, 1.807) is 6.20 Å². The summed E-state index contributed by atoms with van der Waals surface area (Å²) in [7, 11) is 0. The maximum absolute atomic E-state index is 12.4. The standard InChI is InChI=1S/C20H18N2O3/c23-20-16-5-1-4-14(16)15-6-7-18-17(19(15)25-20)11-22(12-24-18)10-13-3-2-8-21-9-13/h2-3,6-9H,1,4-5,10-12H2/p+1. The second-order valence-electron chi connectivity index (χ2n) is 6.87. The molecule has 0 saturated carbocycles. The van der Waals surface area contributed by atoms with Crippen molar-refractivity contribution in [1.82, 2.24) is 4.98 Å². The number of hydrogen-bond donors (Lipinski definition) is 1. The minimum Gasteiger partial charge on any atom is -0.445 e. The molecule has 5 nitrogen and oxygen atoms in total. The third kappa shape index (κ3) is 2.43. The Hall–Kier alpha value is -2.66. The van der Waals surface area contributed by atoms with Gasteiger partial charge >= 0.3 is 5.63 Å². The number of quaternary nitrogens is 1. The molecule has 0 amide bonds. The van der Waals surface area contributed by atoms with Crippen molar-refractivity contribution in [2.24, 2.45) is 0 Å². The van der Waals surface area contributed by atoms with Crippen LogP contribution in [0.1, 0.15) is 28.7 Å². The van der Waals surface area contributed by atoms with Gasteiger partial charge in [0.2, 0.25) is 6.73 Å². The molecule has 1 aliphatic carbocycles. The van der Waals surface area contributed by atoms with E-state index in [4.69, 9.17) is 9.15 Å². The minimum absolute atomic E-state index is 0.173. The van der Waals surface area contributed by atoms with Crippen LogP contribution in [0.4, 0.5) is 0 Å². The SMILES string of the molecule is O=c1oc2c3c(ccc2c2c1CCC2)OC[NH+](Cc1cccnc1)C3. The van der Waals surface area contributed by atoms with Gasteiger partial charge in [0.15, 0.2) is 5.58 Å². The van der Waals surface area contributed by atoms with Crippen LogP contribution in [-0.2, 0) is 25.9 Å². The molecule has 3 heterocycles. The van der Waals surface area contributed by atoms with Gasteiger partial charge in [-0.05, 0) is 43.0 Å². The number of aryl methyl sites for hydroxylation is 1. The number of fused-ring (bicyclic) bond motifs is 5. The van der Waals surface area contributed by atoms with Gasteiger partial charge in [-0.25, -0.2) is 4.79 Å². The van der Waals surface area contributed by atoms with Gasteiger partial charge in [0.25, 0.3) is 0 Å². The predicted octanol–water partition coefficient (Wildman–Crippen LogP) is 1.61. The number of hydrogen-bond acceptors (Lipinski definition) is 4. The van der Waals surface area contributed by atoms with Crippen LogP contribution in [0.5, 0.6) is 5.75 Å². The molecule has 3 aromatic rings. The first-order chi connectivity index (χ1) is 12.3. The van der Waals surface area contributed by atoms with Gasteiger partial charge in [-0.3, -0.25) is 9.88 Å². The molecule has 0 fully saturated rings. The molecular weight excluding hydrogens is 316 g/mol. The molecule has 0 spiro atoms. The fourth-order valence-corrected chi connectivity index (χ4v) is 4.07. The van der Waals surface area contributed by atoms with Gasteiger partial charge < -0.3 is 9.15 Å². The highest BCUT2D eigenvalue weighted by molar-refractivity contribution is 5.86. The first-order valence-electron chi connectivity index (χ1n) is 8.75. The zero-order valence-electron chi connectivity index (χ0n) is 13.9. The number of aromatic nitrogens is 1. The smallest absolute Gasteiger partial charge is 0.339 e. The summed E-state index contributed by atoms with van der Waals surface area (Å²) in [6.07, 6.45) is 6.50. The predicted molar refractivity (Wildman–Crippen MR) is 92.6 cm³/mol. The molecule has 1 atom stereocenters. The van der Waals surface area contributed by atoms with E-state index in [0.717, 1.165) is 54.6 Å². The molecule has 1 N–H and O–H groups in total. The largest absolute Gasteiger partial charge is 0.445 e. The second kappa shape index (κ2) is 5.70. The lowest BCUT2D eigenvalue weighted by atomic mass is 10.0. The van der Waals surface area contributed by atoms with Crippen molar-refractivity contribution in [3.05, 3.63) is 69.3 Å². The third-order valence-electron chi connectivity index (χ3n) is 5.24. The first-order valence-corrected chi connectivity index (χ1v) is 8.75. The highest BCUT2D eigenvalue weighted by Crippen LogP contribution is 2.33. The molecule has 0 radical (unpaired) electrons. The number of nitrogens with one attached hydrogen (secondary N) is 1. The summed E-state index contributed by atoms with van der Waals surface area (Å²) in [5.41, 5.74) is 4.76. The molecule has 1 aliphatic heterocycles. The summed E-state index contributed by atoms with van der Waals surface area (Å²) in [5.74, 6) is 0.837. The van der Waals surface area contributed by atoms with Crippen LogP contribution in [0.3, 0.4) is 0 Å². The Morgan fingerprint density at radius 1 is 1.12 bits per heavy atom. The van der Waals surface area contributed by atoms with Crippen LogP contribution >= 0.6 is 0 Å². The number of benzene rings is 1. The molecule has 1 aromatic carbocycles. The zero-order valence-corrected chi connectivity index (χ0v) is 13.9. The molecule has 2 aliphatic rings. The average Bonchev–Trinajstić information content (AvgIpc) is 3.13. The maximum Gasteiger partial charge on any atom is 0.339 e. The van der Waals surface area contributed by atoms with Crippen molar-refractivity contribution in [2.75, 3.05) is 6.73 Å². The fourth-order valence-electron chi connectivity index (χ4n) is 4.07. The number of rotatable bonds is 2. The third-order valence-corrected chi connectivity index (χ3v) is 5.24. The van der Waals surface area contributed by atoms with Crippen molar-refractivity contribution in [3.63, 3.8) is 0 Å². The normalized spacial score (nSPS) is 18.6. The molecule has 5 heteroatoms. The molecule has 25 heavy (non-hydrogen) atoms. The van der Waals surface area contributed by atoms with E-state index >= 15 is 0 Å². The summed E-state index contributed by atoms with van der Waals surface area (Å²) in [4.78, 5) is 17.8. The van der Waals surface area contributed by atoms with E-state index in [1.807, 2.05) is 24.4 Å². The topological polar surface area (TPSA) is 56.8 Å². The lowest BCUT2D eigenvalue weighted by molar-refractivity contribution is -0.945. The van der Waals surface area contributed by atoms with E-state index in [2.05, 4.69) is 11.1 Å². The van der Waals surface area contributed by atoms with Crippen molar-refractivity contribution in [1.29, 1.82) is 0 Å².